The van der Waals surface area contributed by atoms with Gasteiger partial charge in [0.1, 0.15) is 0 Å². The summed E-state index contributed by atoms with van der Waals surface area (Å²) in [6.45, 7) is 8.41. The van der Waals surface area contributed by atoms with E-state index in [0.717, 1.165) is 11.1 Å². The summed E-state index contributed by atoms with van der Waals surface area (Å²) in [5.41, 5.74) is 6.01. The second-order valence-corrected chi connectivity index (χ2v) is 7.34. The number of hydrogen-bond acceptors (Lipinski definition) is 2. The Balaban J connectivity index is 1.63. The van der Waals surface area contributed by atoms with E-state index in [9.17, 15) is 9.59 Å². The first-order valence-corrected chi connectivity index (χ1v) is 8.53. The molecule has 0 aromatic heterocycles. The Hall–Kier alpha value is -2.48. The lowest BCUT2D eigenvalue weighted by molar-refractivity contribution is 0.0715. The van der Waals surface area contributed by atoms with Crippen molar-refractivity contribution in [2.24, 2.45) is 23.7 Å². The highest BCUT2D eigenvalue weighted by Crippen LogP contribution is 2.54. The van der Waals surface area contributed by atoms with E-state index in [1.165, 1.54) is 11.1 Å². The van der Waals surface area contributed by atoms with Gasteiger partial charge in [0, 0.05) is 34.8 Å². The van der Waals surface area contributed by atoms with Gasteiger partial charge in [-0.3, -0.25) is 9.59 Å². The summed E-state index contributed by atoms with van der Waals surface area (Å²) in [5.74, 6) is 0.213. The van der Waals surface area contributed by atoms with Gasteiger partial charge in [-0.25, -0.2) is 0 Å². The van der Waals surface area contributed by atoms with Crippen molar-refractivity contribution >= 4 is 11.6 Å². The van der Waals surface area contributed by atoms with E-state index in [4.69, 9.17) is 0 Å². The van der Waals surface area contributed by atoms with Crippen molar-refractivity contribution in [3.05, 3.63) is 83.0 Å². The van der Waals surface area contributed by atoms with Gasteiger partial charge in [0.25, 0.3) is 0 Å². The molecule has 24 heavy (non-hydrogen) atoms. The van der Waals surface area contributed by atoms with Crippen molar-refractivity contribution in [3.63, 3.8) is 0 Å². The first-order chi connectivity index (χ1) is 11.6. The summed E-state index contributed by atoms with van der Waals surface area (Å²) in [4.78, 5) is 26.0. The molecule has 0 heterocycles. The van der Waals surface area contributed by atoms with Crippen LogP contribution in [0.15, 0.2) is 71.9 Å². The fourth-order valence-corrected chi connectivity index (χ4v) is 5.04. The maximum atomic E-state index is 13.0. The van der Waals surface area contributed by atoms with E-state index >= 15 is 0 Å². The first-order valence-electron chi connectivity index (χ1n) is 8.53. The number of Topliss-reactive ketones (excluding diaryl/α,β-unsaturated/α-hetero) is 2. The van der Waals surface area contributed by atoms with Gasteiger partial charge in [-0.05, 0) is 24.0 Å². The van der Waals surface area contributed by atoms with Crippen molar-refractivity contribution in [1.82, 2.24) is 0 Å². The summed E-state index contributed by atoms with van der Waals surface area (Å²) >= 11 is 0. The van der Waals surface area contributed by atoms with Crippen LogP contribution in [0, 0.1) is 23.7 Å². The largest absolute Gasteiger partial charge is 0.294 e. The molecule has 0 aliphatic heterocycles. The molecular weight excluding hydrogens is 296 g/mol. The molecule has 6 rings (SSSR count). The Kier molecular flexibility index (Phi) is 2.63. The quantitative estimate of drug-likeness (QED) is 0.668. The van der Waals surface area contributed by atoms with Crippen LogP contribution in [0.2, 0.25) is 0 Å². The molecule has 0 fully saturated rings. The minimum Gasteiger partial charge on any atom is -0.294 e. The van der Waals surface area contributed by atoms with Crippen LogP contribution in [0.5, 0.6) is 0 Å². The number of carbonyl (C=O) groups is 2. The van der Waals surface area contributed by atoms with Crippen LogP contribution in [0.3, 0.4) is 0 Å². The van der Waals surface area contributed by atoms with Gasteiger partial charge in [-0.2, -0.15) is 0 Å². The summed E-state index contributed by atoms with van der Waals surface area (Å²) in [5, 5.41) is 0. The third-order valence-electron chi connectivity index (χ3n) is 6.32. The molecule has 2 heteroatoms. The van der Waals surface area contributed by atoms with E-state index in [1.807, 2.05) is 12.1 Å². The average Bonchev–Trinajstić information content (AvgIpc) is 2.62. The third kappa shape index (κ3) is 1.56. The molecule has 2 bridgehead atoms. The van der Waals surface area contributed by atoms with Crippen LogP contribution in [-0.4, -0.2) is 11.6 Å². The smallest absolute Gasteiger partial charge is 0.167 e. The van der Waals surface area contributed by atoms with Gasteiger partial charge in [0.2, 0.25) is 0 Å². The van der Waals surface area contributed by atoms with Crippen molar-refractivity contribution < 1.29 is 9.59 Å². The molecule has 0 amide bonds. The molecule has 2 nitrogen and oxygen atoms in total. The van der Waals surface area contributed by atoms with Crippen LogP contribution in [-0.2, 0) is 0 Å². The van der Waals surface area contributed by atoms with Gasteiger partial charge in [0.15, 0.2) is 11.6 Å². The maximum absolute atomic E-state index is 13.0. The Morgan fingerprint density at radius 1 is 0.750 bits per heavy atom. The summed E-state index contributed by atoms with van der Waals surface area (Å²) in [6, 6.07) is 7.27. The van der Waals surface area contributed by atoms with Gasteiger partial charge < -0.3 is 0 Å². The molecule has 1 aromatic rings. The molecule has 0 saturated carbocycles. The zero-order chi connectivity index (χ0) is 16.6. The molecule has 2 unspecified atom stereocenters. The van der Waals surface area contributed by atoms with Crippen LogP contribution in [0.4, 0.5) is 0 Å². The molecule has 1 aromatic carbocycles. The molecule has 0 radical (unpaired) electrons. The Labute approximate surface area is 141 Å². The second-order valence-electron chi connectivity index (χ2n) is 7.34. The van der Waals surface area contributed by atoms with Crippen LogP contribution in [0.1, 0.15) is 33.6 Å². The SMILES string of the molecule is C=C1C(=C)[C@@H]2C=C[C@H]1C1=C2CC2C(=O)c3ccccc3C(=O)C2C1. The number of allylic oxidation sites excluding steroid dienone is 6. The van der Waals surface area contributed by atoms with Crippen molar-refractivity contribution in [2.75, 3.05) is 0 Å². The molecule has 4 atom stereocenters. The number of rotatable bonds is 0. The monoisotopic (exact) mass is 314 g/mol. The lowest BCUT2D eigenvalue weighted by Gasteiger charge is -2.46. The normalized spacial score (nSPS) is 33.5. The molecule has 0 saturated heterocycles. The van der Waals surface area contributed by atoms with Crippen LogP contribution >= 0.6 is 0 Å². The Morgan fingerprint density at radius 2 is 1.17 bits per heavy atom. The minimum absolute atomic E-state index is 0.136. The summed E-state index contributed by atoms with van der Waals surface area (Å²) < 4.78 is 0. The third-order valence-corrected chi connectivity index (χ3v) is 6.32. The standard InChI is InChI=1S/C22H18O2/c1-11-12(2)14-8-7-13(11)17-9-19-20(10-18(14)17)22(24)16-6-4-3-5-15(16)21(19)23/h3-8,13-14,19-20H,1-2,9-10H2/t13-,14+,19?,20?. The van der Waals surface area contributed by atoms with E-state index in [2.05, 4.69) is 25.3 Å². The van der Waals surface area contributed by atoms with Crippen molar-refractivity contribution in [3.8, 4) is 0 Å². The van der Waals surface area contributed by atoms with Gasteiger partial charge >= 0.3 is 0 Å². The van der Waals surface area contributed by atoms with Gasteiger partial charge in [-0.15, -0.1) is 0 Å². The minimum atomic E-state index is -0.208. The van der Waals surface area contributed by atoms with Gasteiger partial charge in [-0.1, -0.05) is 60.7 Å². The number of fused-ring (bicyclic) bond motifs is 3. The first kappa shape index (κ1) is 13.9. The fourth-order valence-electron chi connectivity index (χ4n) is 5.04. The maximum Gasteiger partial charge on any atom is 0.167 e. The fraction of sp³-hybridized carbons (Fsp3) is 0.273. The molecule has 0 N–H and O–H groups in total. The lowest BCUT2D eigenvalue weighted by atomic mass is 9.56. The topological polar surface area (TPSA) is 34.1 Å². The highest BCUT2D eigenvalue weighted by Gasteiger charge is 2.48. The second kappa shape index (κ2) is 4.54. The molecular formula is C22H18O2. The number of benzene rings is 1. The Bertz CT molecular complexity index is 839. The van der Waals surface area contributed by atoms with Crippen molar-refractivity contribution in [1.29, 1.82) is 0 Å². The summed E-state index contributed by atoms with van der Waals surface area (Å²) in [6.07, 6.45) is 5.78. The number of hydrogen-bond donors (Lipinski definition) is 0. The number of ketones is 2. The van der Waals surface area contributed by atoms with E-state index in [1.54, 1.807) is 12.1 Å². The molecule has 0 spiro atoms. The van der Waals surface area contributed by atoms with E-state index in [-0.39, 0.29) is 35.2 Å². The average molecular weight is 314 g/mol. The lowest BCUT2D eigenvalue weighted by Crippen LogP contribution is -2.42. The molecule has 118 valence electrons. The number of carbonyl (C=O) groups excluding carboxylic acids is 2. The zero-order valence-electron chi connectivity index (χ0n) is 13.4. The van der Waals surface area contributed by atoms with Gasteiger partial charge in [0.05, 0.1) is 0 Å². The summed E-state index contributed by atoms with van der Waals surface area (Å²) in [7, 11) is 0. The van der Waals surface area contributed by atoms with Crippen molar-refractivity contribution in [2.45, 2.75) is 12.8 Å². The predicted molar refractivity (Wildman–Crippen MR) is 92.7 cm³/mol. The molecule has 5 aliphatic rings. The van der Waals surface area contributed by atoms with E-state index < -0.39 is 0 Å². The molecule has 5 aliphatic carbocycles. The Morgan fingerprint density at radius 3 is 1.58 bits per heavy atom. The van der Waals surface area contributed by atoms with Crippen LogP contribution in [0.25, 0.3) is 0 Å². The zero-order valence-corrected chi connectivity index (χ0v) is 13.4. The van der Waals surface area contributed by atoms with E-state index in [0.29, 0.717) is 24.0 Å². The predicted octanol–water partition coefficient (Wildman–Crippen LogP) is 4.32. The highest BCUT2D eigenvalue weighted by atomic mass is 16.1. The highest BCUT2D eigenvalue weighted by molar-refractivity contribution is 6.16. The van der Waals surface area contributed by atoms with Crippen LogP contribution < -0.4 is 0 Å².